The highest BCUT2D eigenvalue weighted by Gasteiger charge is 2.24. The van der Waals surface area contributed by atoms with Crippen LogP contribution in [-0.2, 0) is 29.6 Å². The normalized spacial score (nSPS) is 12.7. The zero-order chi connectivity index (χ0) is 17.3. The van der Waals surface area contributed by atoms with E-state index in [9.17, 15) is 9.36 Å². The highest BCUT2D eigenvalue weighted by atomic mass is 31.2. The highest BCUT2D eigenvalue weighted by Crippen LogP contribution is 2.47. The Balaban J connectivity index is 2.60. The molecule has 0 radical (unpaired) electrons. The maximum atomic E-state index is 12.3. The van der Waals surface area contributed by atoms with Gasteiger partial charge in [0.2, 0.25) is 0 Å². The number of nitrogens with two attached hydrogens (primary N) is 1. The number of esters is 1. The molecule has 7 nitrogen and oxygen atoms in total. The minimum Gasteiger partial charge on any atom is -0.481 e. The summed E-state index contributed by atoms with van der Waals surface area (Å²) >= 11 is 0. The smallest absolute Gasteiger partial charge is 0.367 e. The van der Waals surface area contributed by atoms with Crippen LogP contribution in [-0.4, -0.2) is 38.7 Å². The van der Waals surface area contributed by atoms with Gasteiger partial charge in [0.15, 0.2) is 6.35 Å². The van der Waals surface area contributed by atoms with Gasteiger partial charge in [0, 0.05) is 0 Å². The van der Waals surface area contributed by atoms with E-state index in [1.807, 2.05) is 0 Å². The molecule has 1 aromatic rings. The van der Waals surface area contributed by atoms with Gasteiger partial charge in [-0.15, -0.1) is 0 Å². The largest absolute Gasteiger partial charge is 0.481 e. The van der Waals surface area contributed by atoms with Gasteiger partial charge < -0.3 is 24.3 Å². The number of carbonyl (C=O) groups excluding carboxylic acids is 1. The lowest BCUT2D eigenvalue weighted by molar-refractivity contribution is -0.142. The van der Waals surface area contributed by atoms with Gasteiger partial charge in [0.05, 0.1) is 20.3 Å². The fraction of sp³-hybridized carbons (Fsp3) is 0.533. The van der Waals surface area contributed by atoms with Crippen LogP contribution in [0.25, 0.3) is 0 Å². The Hall–Kier alpha value is -1.40. The second-order valence-electron chi connectivity index (χ2n) is 4.70. The Morgan fingerprint density at radius 3 is 2.22 bits per heavy atom. The number of rotatable bonds is 10. The van der Waals surface area contributed by atoms with Crippen molar-refractivity contribution in [2.75, 3.05) is 26.7 Å². The van der Waals surface area contributed by atoms with Gasteiger partial charge in [-0.3, -0.25) is 9.36 Å². The molecule has 2 N–H and O–H groups in total. The first kappa shape index (κ1) is 19.6. The molecule has 0 bridgehead atoms. The van der Waals surface area contributed by atoms with Crippen LogP contribution < -0.4 is 10.5 Å². The Bertz CT molecular complexity index is 523. The zero-order valence-corrected chi connectivity index (χ0v) is 14.6. The molecule has 0 aromatic heterocycles. The number of hydrogen-bond acceptors (Lipinski definition) is 7. The third kappa shape index (κ3) is 6.71. The van der Waals surface area contributed by atoms with E-state index < -0.39 is 19.6 Å². The van der Waals surface area contributed by atoms with Crippen molar-refractivity contribution in [1.29, 1.82) is 0 Å². The molecular formula is C15H24NO6P. The number of carbonyl (C=O) groups is 1. The SMILES string of the molecule is CCOP(=O)(COc1ccc(CC(N)C(=O)OC)cc1)OCC. The first-order chi connectivity index (χ1) is 10.9. The molecule has 0 saturated carbocycles. The molecule has 8 heteroatoms. The van der Waals surface area contributed by atoms with Crippen molar-refractivity contribution in [3.63, 3.8) is 0 Å². The highest BCUT2D eigenvalue weighted by molar-refractivity contribution is 7.53. The molecule has 0 saturated heterocycles. The summed E-state index contributed by atoms with van der Waals surface area (Å²) in [4.78, 5) is 11.3. The maximum absolute atomic E-state index is 12.3. The number of methoxy groups -OCH3 is 1. The Morgan fingerprint density at radius 1 is 1.17 bits per heavy atom. The fourth-order valence-corrected chi connectivity index (χ4v) is 3.19. The predicted molar refractivity (Wildman–Crippen MR) is 86.5 cm³/mol. The molecule has 0 amide bonds. The van der Waals surface area contributed by atoms with Crippen molar-refractivity contribution in [3.05, 3.63) is 29.8 Å². The second kappa shape index (κ2) is 9.67. The summed E-state index contributed by atoms with van der Waals surface area (Å²) in [7, 11) is -1.94. The number of benzene rings is 1. The average molecular weight is 345 g/mol. The molecule has 23 heavy (non-hydrogen) atoms. The third-order valence-electron chi connectivity index (χ3n) is 2.92. The van der Waals surface area contributed by atoms with Crippen molar-refractivity contribution in [1.82, 2.24) is 0 Å². The summed E-state index contributed by atoms with van der Waals surface area (Å²) in [6.07, 6.45) is 0.207. The van der Waals surface area contributed by atoms with Crippen molar-refractivity contribution >= 4 is 13.6 Å². The first-order valence-electron chi connectivity index (χ1n) is 7.37. The van der Waals surface area contributed by atoms with Gasteiger partial charge in [0.1, 0.15) is 11.8 Å². The molecule has 1 unspecified atom stereocenters. The van der Waals surface area contributed by atoms with E-state index in [2.05, 4.69) is 4.74 Å². The van der Waals surface area contributed by atoms with E-state index >= 15 is 0 Å². The molecule has 130 valence electrons. The van der Waals surface area contributed by atoms with Gasteiger partial charge in [-0.25, -0.2) is 0 Å². The van der Waals surface area contributed by atoms with Crippen molar-refractivity contribution < 1.29 is 27.9 Å². The van der Waals surface area contributed by atoms with E-state index in [1.54, 1.807) is 38.1 Å². The summed E-state index contributed by atoms with van der Waals surface area (Å²) in [5.41, 5.74) is 6.57. The molecule has 0 heterocycles. The Labute approximate surface area is 136 Å². The lowest BCUT2D eigenvalue weighted by atomic mass is 10.1. The quantitative estimate of drug-likeness (QED) is 0.513. The Morgan fingerprint density at radius 2 is 1.74 bits per heavy atom. The maximum Gasteiger partial charge on any atom is 0.367 e. The number of ether oxygens (including phenoxy) is 2. The molecule has 0 fully saturated rings. The molecule has 0 aliphatic heterocycles. The molecule has 0 aliphatic carbocycles. The van der Waals surface area contributed by atoms with Crippen LogP contribution in [0.5, 0.6) is 5.75 Å². The molecule has 1 atom stereocenters. The van der Waals surface area contributed by atoms with Crippen LogP contribution in [0.4, 0.5) is 0 Å². The van der Waals surface area contributed by atoms with Crippen molar-refractivity contribution in [3.8, 4) is 5.75 Å². The lowest BCUT2D eigenvalue weighted by Gasteiger charge is -2.17. The van der Waals surface area contributed by atoms with Crippen LogP contribution in [0.3, 0.4) is 0 Å². The van der Waals surface area contributed by atoms with Crippen LogP contribution in [0.2, 0.25) is 0 Å². The standard InChI is InChI=1S/C15H24NO6P/c1-4-21-23(18,22-5-2)11-20-13-8-6-12(7-9-13)10-14(16)15(17)19-3/h6-9,14H,4-5,10-11,16H2,1-3H3. The topological polar surface area (TPSA) is 97.1 Å². The van der Waals surface area contributed by atoms with Crippen LogP contribution in [0, 0.1) is 0 Å². The third-order valence-corrected chi connectivity index (χ3v) is 4.67. The zero-order valence-electron chi connectivity index (χ0n) is 13.7. The van der Waals surface area contributed by atoms with Crippen LogP contribution >= 0.6 is 7.60 Å². The monoisotopic (exact) mass is 345 g/mol. The summed E-state index contributed by atoms with van der Waals surface area (Å²) in [5.74, 6) is 0.0692. The van der Waals surface area contributed by atoms with Crippen LogP contribution in [0.1, 0.15) is 19.4 Å². The second-order valence-corrected chi connectivity index (χ2v) is 6.69. The van der Waals surface area contributed by atoms with E-state index in [-0.39, 0.29) is 19.6 Å². The first-order valence-corrected chi connectivity index (χ1v) is 9.10. The van der Waals surface area contributed by atoms with Gasteiger partial charge in [0.25, 0.3) is 0 Å². The average Bonchev–Trinajstić information content (AvgIpc) is 2.54. The van der Waals surface area contributed by atoms with Gasteiger partial charge >= 0.3 is 13.6 Å². The van der Waals surface area contributed by atoms with Gasteiger partial charge in [-0.05, 0) is 38.0 Å². The van der Waals surface area contributed by atoms with E-state index in [0.29, 0.717) is 12.2 Å². The minimum atomic E-state index is -3.24. The van der Waals surface area contributed by atoms with Crippen LogP contribution in [0.15, 0.2) is 24.3 Å². The molecule has 0 aliphatic rings. The van der Waals surface area contributed by atoms with Gasteiger partial charge in [-0.1, -0.05) is 12.1 Å². The van der Waals surface area contributed by atoms with Gasteiger partial charge in [-0.2, -0.15) is 0 Å². The molecule has 1 rings (SSSR count). The summed E-state index contributed by atoms with van der Waals surface area (Å²) in [6, 6.07) is 6.28. The fourth-order valence-electron chi connectivity index (χ4n) is 1.87. The molecule has 1 aromatic carbocycles. The summed E-state index contributed by atoms with van der Waals surface area (Å²) in [5, 5.41) is 0. The lowest BCUT2D eigenvalue weighted by Crippen LogP contribution is -2.33. The molecule has 0 spiro atoms. The van der Waals surface area contributed by atoms with Crippen molar-refractivity contribution in [2.45, 2.75) is 26.3 Å². The Kier molecular flexibility index (Phi) is 8.26. The molecular weight excluding hydrogens is 321 g/mol. The minimum absolute atomic E-state index is 0.157. The summed E-state index contributed by atoms with van der Waals surface area (Å²) < 4.78 is 32.6. The number of hydrogen-bond donors (Lipinski definition) is 1. The van der Waals surface area contributed by atoms with E-state index in [4.69, 9.17) is 19.5 Å². The van der Waals surface area contributed by atoms with E-state index in [0.717, 1.165) is 5.56 Å². The predicted octanol–water partition coefficient (Wildman–Crippen LogP) is 2.33. The summed E-state index contributed by atoms with van der Waals surface area (Å²) in [6.45, 7) is 4.05. The van der Waals surface area contributed by atoms with E-state index in [1.165, 1.54) is 7.11 Å². The van der Waals surface area contributed by atoms with Crippen molar-refractivity contribution in [2.24, 2.45) is 5.73 Å².